The minimum Gasteiger partial charge on any atom is -0.481 e. The van der Waals surface area contributed by atoms with Gasteiger partial charge in [0.05, 0.1) is 6.04 Å². The standard InChI is InChI=1S/C31H41N3O3/c1-5-15-32-17-19-33(20-18-32)31(36)28(6-2)37-26-13-12-24-14-16-34(29(35)21-23(3)4)30(27(24)22-26)25-10-8-7-9-11-25/h5,7-13,22-23,28,30H,1,6,14-21H2,2-4H3. The highest BCUT2D eigenvalue weighted by atomic mass is 16.5. The lowest BCUT2D eigenvalue weighted by Crippen LogP contribution is -2.52. The third-order valence-electron chi connectivity index (χ3n) is 7.36. The smallest absolute Gasteiger partial charge is 0.263 e. The van der Waals surface area contributed by atoms with Gasteiger partial charge in [0.1, 0.15) is 5.75 Å². The summed E-state index contributed by atoms with van der Waals surface area (Å²) in [5, 5.41) is 0. The highest BCUT2D eigenvalue weighted by molar-refractivity contribution is 5.81. The Labute approximate surface area is 221 Å². The summed E-state index contributed by atoms with van der Waals surface area (Å²) in [4.78, 5) is 32.8. The quantitative estimate of drug-likeness (QED) is 0.466. The summed E-state index contributed by atoms with van der Waals surface area (Å²) < 4.78 is 6.34. The predicted octanol–water partition coefficient (Wildman–Crippen LogP) is 4.69. The Morgan fingerprint density at radius 2 is 1.78 bits per heavy atom. The van der Waals surface area contributed by atoms with E-state index in [-0.39, 0.29) is 17.9 Å². The van der Waals surface area contributed by atoms with E-state index in [9.17, 15) is 9.59 Å². The fourth-order valence-corrected chi connectivity index (χ4v) is 5.41. The topological polar surface area (TPSA) is 53.1 Å². The number of hydrogen-bond donors (Lipinski definition) is 0. The highest BCUT2D eigenvalue weighted by Crippen LogP contribution is 2.38. The number of nitrogens with zero attached hydrogens (tertiary/aromatic N) is 3. The minimum absolute atomic E-state index is 0.0480. The molecule has 0 bridgehead atoms. The van der Waals surface area contributed by atoms with Crippen LogP contribution in [0.4, 0.5) is 0 Å². The molecule has 2 atom stereocenters. The van der Waals surface area contributed by atoms with E-state index in [1.807, 2.05) is 47.1 Å². The molecule has 2 aliphatic rings. The van der Waals surface area contributed by atoms with Crippen LogP contribution in [-0.2, 0) is 16.0 Å². The second kappa shape index (κ2) is 12.4. The van der Waals surface area contributed by atoms with Crippen LogP contribution in [-0.4, -0.2) is 71.9 Å². The summed E-state index contributed by atoms with van der Waals surface area (Å²) >= 11 is 0. The van der Waals surface area contributed by atoms with Gasteiger partial charge in [-0.05, 0) is 47.6 Å². The summed E-state index contributed by atoms with van der Waals surface area (Å²) in [6, 6.07) is 16.2. The molecule has 2 amide bonds. The molecule has 2 aromatic carbocycles. The van der Waals surface area contributed by atoms with Crippen LogP contribution in [0, 0.1) is 5.92 Å². The first-order chi connectivity index (χ1) is 17.9. The van der Waals surface area contributed by atoms with Crippen LogP contribution < -0.4 is 4.74 Å². The lowest BCUT2D eigenvalue weighted by atomic mass is 9.87. The predicted molar refractivity (Wildman–Crippen MR) is 148 cm³/mol. The van der Waals surface area contributed by atoms with Crippen LogP contribution >= 0.6 is 0 Å². The molecule has 4 rings (SSSR count). The molecular weight excluding hydrogens is 462 g/mol. The minimum atomic E-state index is -0.526. The van der Waals surface area contributed by atoms with Crippen molar-refractivity contribution >= 4 is 11.8 Å². The molecular formula is C31H41N3O3. The maximum absolute atomic E-state index is 13.3. The van der Waals surface area contributed by atoms with E-state index >= 15 is 0 Å². The van der Waals surface area contributed by atoms with E-state index in [0.29, 0.717) is 44.1 Å². The Kier molecular flexibility index (Phi) is 9.04. The zero-order valence-corrected chi connectivity index (χ0v) is 22.6. The van der Waals surface area contributed by atoms with Crippen LogP contribution in [0.5, 0.6) is 5.75 Å². The number of carbonyl (C=O) groups is 2. The molecule has 2 heterocycles. The zero-order valence-electron chi connectivity index (χ0n) is 22.6. The van der Waals surface area contributed by atoms with E-state index in [4.69, 9.17) is 4.74 Å². The van der Waals surface area contributed by atoms with Crippen LogP contribution in [0.2, 0.25) is 0 Å². The van der Waals surface area contributed by atoms with Gasteiger partial charge in [-0.3, -0.25) is 14.5 Å². The number of rotatable bonds is 9. The van der Waals surface area contributed by atoms with Crippen molar-refractivity contribution in [3.63, 3.8) is 0 Å². The number of carbonyl (C=O) groups excluding carboxylic acids is 2. The van der Waals surface area contributed by atoms with Gasteiger partial charge in [-0.1, -0.05) is 63.2 Å². The number of amides is 2. The summed E-state index contributed by atoms with van der Waals surface area (Å²) in [6.07, 6.45) is 3.33. The second-order valence-corrected chi connectivity index (χ2v) is 10.5. The molecule has 37 heavy (non-hydrogen) atoms. The maximum atomic E-state index is 13.3. The molecule has 0 saturated carbocycles. The lowest BCUT2D eigenvalue weighted by Gasteiger charge is -2.38. The van der Waals surface area contributed by atoms with E-state index in [2.05, 4.69) is 49.6 Å². The number of benzene rings is 2. The van der Waals surface area contributed by atoms with Gasteiger partial charge < -0.3 is 14.5 Å². The van der Waals surface area contributed by atoms with Crippen molar-refractivity contribution in [3.05, 3.63) is 77.9 Å². The van der Waals surface area contributed by atoms with Gasteiger partial charge in [0.25, 0.3) is 5.91 Å². The van der Waals surface area contributed by atoms with Crippen molar-refractivity contribution in [1.82, 2.24) is 14.7 Å². The number of fused-ring (bicyclic) bond motifs is 1. The van der Waals surface area contributed by atoms with Gasteiger partial charge in [0.2, 0.25) is 5.91 Å². The first-order valence-electron chi connectivity index (χ1n) is 13.7. The van der Waals surface area contributed by atoms with Crippen molar-refractivity contribution in [3.8, 4) is 5.75 Å². The largest absolute Gasteiger partial charge is 0.481 e. The number of piperazine rings is 1. The number of hydrogen-bond acceptors (Lipinski definition) is 4. The van der Waals surface area contributed by atoms with Crippen molar-refractivity contribution in [2.75, 3.05) is 39.3 Å². The van der Waals surface area contributed by atoms with Gasteiger partial charge in [-0.2, -0.15) is 0 Å². The van der Waals surface area contributed by atoms with Crippen LogP contribution in [0.25, 0.3) is 0 Å². The van der Waals surface area contributed by atoms with E-state index in [0.717, 1.165) is 37.2 Å². The van der Waals surface area contributed by atoms with Gasteiger partial charge in [0, 0.05) is 45.7 Å². The Hall–Kier alpha value is -3.12. The molecule has 2 aromatic rings. The first kappa shape index (κ1) is 26.9. The van der Waals surface area contributed by atoms with E-state index in [1.54, 1.807) is 0 Å². The Balaban J connectivity index is 1.56. The van der Waals surface area contributed by atoms with Gasteiger partial charge in [-0.25, -0.2) is 0 Å². The van der Waals surface area contributed by atoms with Gasteiger partial charge >= 0.3 is 0 Å². The molecule has 6 nitrogen and oxygen atoms in total. The van der Waals surface area contributed by atoms with E-state index in [1.165, 1.54) is 5.56 Å². The van der Waals surface area contributed by atoms with Crippen LogP contribution in [0.3, 0.4) is 0 Å². The Morgan fingerprint density at radius 3 is 2.43 bits per heavy atom. The fraction of sp³-hybridized carbons (Fsp3) is 0.484. The third kappa shape index (κ3) is 6.42. The monoisotopic (exact) mass is 503 g/mol. The molecule has 1 fully saturated rings. The fourth-order valence-electron chi connectivity index (χ4n) is 5.41. The Morgan fingerprint density at radius 1 is 1.05 bits per heavy atom. The molecule has 0 aliphatic carbocycles. The Bertz CT molecular complexity index is 1080. The summed E-state index contributed by atoms with van der Waals surface area (Å²) in [5.74, 6) is 1.21. The van der Waals surface area contributed by atoms with Crippen molar-refractivity contribution < 1.29 is 14.3 Å². The summed E-state index contributed by atoms with van der Waals surface area (Å²) in [5.41, 5.74) is 3.41. The third-order valence-corrected chi connectivity index (χ3v) is 7.36. The van der Waals surface area contributed by atoms with E-state index < -0.39 is 6.10 Å². The molecule has 0 spiro atoms. The molecule has 0 radical (unpaired) electrons. The van der Waals surface area contributed by atoms with Gasteiger partial charge in [0.15, 0.2) is 6.10 Å². The summed E-state index contributed by atoms with van der Waals surface area (Å²) in [7, 11) is 0. The van der Waals surface area contributed by atoms with Crippen molar-refractivity contribution in [2.24, 2.45) is 5.92 Å². The number of ether oxygens (including phenoxy) is 1. The SMILES string of the molecule is C=CCN1CCN(C(=O)C(CC)Oc2ccc3c(c2)C(c2ccccc2)N(C(=O)CC(C)C)CC3)CC1. The molecule has 0 N–H and O–H groups in total. The highest BCUT2D eigenvalue weighted by Gasteiger charge is 2.33. The zero-order chi connectivity index (χ0) is 26.4. The van der Waals surface area contributed by atoms with Crippen LogP contribution in [0.15, 0.2) is 61.2 Å². The molecule has 2 unspecified atom stereocenters. The molecule has 6 heteroatoms. The second-order valence-electron chi connectivity index (χ2n) is 10.5. The average molecular weight is 504 g/mol. The molecule has 2 aliphatic heterocycles. The maximum Gasteiger partial charge on any atom is 0.263 e. The average Bonchev–Trinajstić information content (AvgIpc) is 2.91. The molecule has 1 saturated heterocycles. The van der Waals surface area contributed by atoms with Crippen molar-refractivity contribution in [1.29, 1.82) is 0 Å². The lowest BCUT2D eigenvalue weighted by molar-refractivity contribution is -0.140. The first-order valence-corrected chi connectivity index (χ1v) is 13.7. The van der Waals surface area contributed by atoms with Crippen molar-refractivity contribution in [2.45, 2.75) is 52.2 Å². The molecule has 198 valence electrons. The normalized spacial score (nSPS) is 18.9. The van der Waals surface area contributed by atoms with Crippen LogP contribution in [0.1, 0.15) is 56.3 Å². The van der Waals surface area contributed by atoms with Gasteiger partial charge in [-0.15, -0.1) is 6.58 Å². The molecule has 0 aromatic heterocycles. The summed E-state index contributed by atoms with van der Waals surface area (Å²) in [6.45, 7) is 14.7.